The monoisotopic (exact) mass is 327 g/mol. The summed E-state index contributed by atoms with van der Waals surface area (Å²) in [6, 6.07) is 2.80. The number of anilines is 1. The first kappa shape index (κ1) is 14.8. The average Bonchev–Trinajstić information content (AvgIpc) is 3.23. The average molecular weight is 328 g/mol. The lowest BCUT2D eigenvalue weighted by molar-refractivity contribution is 0.204. The second-order valence-corrected chi connectivity index (χ2v) is 5.75. The second kappa shape index (κ2) is 7.22. The number of rotatable bonds is 8. The van der Waals surface area contributed by atoms with E-state index >= 15 is 0 Å². The standard InChI is InChI=1S/C14H22BrN3O/c1-3-16-9-11-8-12(15)10-17-14(11)18(6-7-19-2)13-4-5-13/h8,10,13,16H,3-7,9H2,1-2H3. The Balaban J connectivity index is 2.18. The molecular weight excluding hydrogens is 306 g/mol. The van der Waals surface area contributed by atoms with E-state index in [1.54, 1.807) is 7.11 Å². The molecule has 1 aliphatic rings. The Hall–Kier alpha value is -0.650. The van der Waals surface area contributed by atoms with Crippen LogP contribution in [0, 0.1) is 0 Å². The minimum absolute atomic E-state index is 0.643. The molecule has 4 nitrogen and oxygen atoms in total. The number of methoxy groups -OCH3 is 1. The first-order chi connectivity index (χ1) is 9.26. The summed E-state index contributed by atoms with van der Waals surface area (Å²) in [7, 11) is 1.75. The summed E-state index contributed by atoms with van der Waals surface area (Å²) in [4.78, 5) is 7.02. The van der Waals surface area contributed by atoms with Crippen LogP contribution in [-0.2, 0) is 11.3 Å². The maximum absolute atomic E-state index is 5.22. The zero-order valence-electron chi connectivity index (χ0n) is 11.7. The SMILES string of the molecule is CCNCc1cc(Br)cnc1N(CCOC)C1CC1. The van der Waals surface area contributed by atoms with Crippen LogP contribution in [0.2, 0.25) is 0 Å². The van der Waals surface area contributed by atoms with Gasteiger partial charge >= 0.3 is 0 Å². The molecular formula is C14H22BrN3O. The Morgan fingerprint density at radius 2 is 2.32 bits per heavy atom. The topological polar surface area (TPSA) is 37.4 Å². The van der Waals surface area contributed by atoms with Crippen molar-refractivity contribution in [3.05, 3.63) is 22.3 Å². The predicted octanol–water partition coefficient (Wildman–Crippen LogP) is 2.57. The smallest absolute Gasteiger partial charge is 0.133 e. The number of pyridine rings is 1. The summed E-state index contributed by atoms with van der Waals surface area (Å²) in [5.41, 5.74) is 1.25. The first-order valence-corrected chi connectivity index (χ1v) is 7.66. The van der Waals surface area contributed by atoms with Gasteiger partial charge in [-0.2, -0.15) is 0 Å². The normalized spacial score (nSPS) is 14.7. The molecule has 0 bridgehead atoms. The minimum atomic E-state index is 0.643. The number of nitrogens with one attached hydrogen (secondary N) is 1. The summed E-state index contributed by atoms with van der Waals surface area (Å²) in [5.74, 6) is 1.10. The van der Waals surface area contributed by atoms with E-state index < -0.39 is 0 Å². The summed E-state index contributed by atoms with van der Waals surface area (Å²) < 4.78 is 6.26. The van der Waals surface area contributed by atoms with E-state index in [2.05, 4.69) is 44.1 Å². The summed E-state index contributed by atoms with van der Waals surface area (Å²) >= 11 is 3.51. The fourth-order valence-electron chi connectivity index (χ4n) is 2.16. The molecule has 1 aromatic rings. The maximum atomic E-state index is 5.22. The molecule has 0 aromatic carbocycles. The van der Waals surface area contributed by atoms with Gasteiger partial charge in [-0.15, -0.1) is 0 Å². The maximum Gasteiger partial charge on any atom is 0.133 e. The van der Waals surface area contributed by atoms with Gasteiger partial charge in [-0.25, -0.2) is 4.98 Å². The Kier molecular flexibility index (Phi) is 5.60. The Bertz CT molecular complexity index is 410. The Labute approximate surface area is 123 Å². The molecule has 1 fully saturated rings. The van der Waals surface area contributed by atoms with Gasteiger partial charge in [-0.1, -0.05) is 6.92 Å². The van der Waals surface area contributed by atoms with Crippen LogP contribution in [0.3, 0.4) is 0 Å². The van der Waals surface area contributed by atoms with Crippen LogP contribution in [0.1, 0.15) is 25.3 Å². The van der Waals surface area contributed by atoms with Crippen molar-refractivity contribution < 1.29 is 4.74 Å². The number of ether oxygens (including phenoxy) is 1. The highest BCUT2D eigenvalue weighted by Gasteiger charge is 2.30. The van der Waals surface area contributed by atoms with Gasteiger partial charge in [0.2, 0.25) is 0 Å². The van der Waals surface area contributed by atoms with Crippen LogP contribution in [0.25, 0.3) is 0 Å². The third-order valence-corrected chi connectivity index (χ3v) is 3.70. The molecule has 0 atom stereocenters. The van der Waals surface area contributed by atoms with E-state index in [4.69, 9.17) is 4.74 Å². The highest BCUT2D eigenvalue weighted by atomic mass is 79.9. The third kappa shape index (κ3) is 4.16. The van der Waals surface area contributed by atoms with E-state index in [0.717, 1.165) is 36.5 Å². The van der Waals surface area contributed by atoms with Gasteiger partial charge < -0.3 is 15.0 Å². The van der Waals surface area contributed by atoms with Crippen LogP contribution < -0.4 is 10.2 Å². The van der Waals surface area contributed by atoms with Crippen LogP contribution in [0.15, 0.2) is 16.7 Å². The van der Waals surface area contributed by atoms with Crippen molar-refractivity contribution in [1.29, 1.82) is 0 Å². The van der Waals surface area contributed by atoms with Crippen LogP contribution in [0.5, 0.6) is 0 Å². The van der Waals surface area contributed by atoms with Crippen LogP contribution in [-0.4, -0.2) is 37.8 Å². The van der Waals surface area contributed by atoms with Gasteiger partial charge in [0.15, 0.2) is 0 Å². The van der Waals surface area contributed by atoms with Gasteiger partial charge in [0.1, 0.15) is 5.82 Å². The molecule has 1 aliphatic carbocycles. The van der Waals surface area contributed by atoms with Crippen LogP contribution in [0.4, 0.5) is 5.82 Å². The van der Waals surface area contributed by atoms with Crippen molar-refractivity contribution in [3.63, 3.8) is 0 Å². The van der Waals surface area contributed by atoms with E-state index in [1.165, 1.54) is 18.4 Å². The van der Waals surface area contributed by atoms with Gasteiger partial charge in [0.05, 0.1) is 6.61 Å². The second-order valence-electron chi connectivity index (χ2n) is 4.83. The van der Waals surface area contributed by atoms with Gasteiger partial charge in [0.25, 0.3) is 0 Å². The van der Waals surface area contributed by atoms with Crippen molar-refractivity contribution in [3.8, 4) is 0 Å². The Morgan fingerprint density at radius 1 is 1.53 bits per heavy atom. The molecule has 106 valence electrons. The van der Waals surface area contributed by atoms with Crippen molar-refractivity contribution >= 4 is 21.7 Å². The fraction of sp³-hybridized carbons (Fsp3) is 0.643. The lowest BCUT2D eigenvalue weighted by Crippen LogP contribution is -2.31. The number of halogens is 1. The summed E-state index contributed by atoms with van der Waals surface area (Å²) in [6.45, 7) is 5.60. The number of aromatic nitrogens is 1. The fourth-order valence-corrected chi connectivity index (χ4v) is 2.54. The molecule has 19 heavy (non-hydrogen) atoms. The van der Waals surface area contributed by atoms with Crippen LogP contribution >= 0.6 is 15.9 Å². The molecule has 0 unspecified atom stereocenters. The summed E-state index contributed by atoms with van der Waals surface area (Å²) in [6.07, 6.45) is 4.41. The lowest BCUT2D eigenvalue weighted by atomic mass is 10.2. The van der Waals surface area contributed by atoms with Gasteiger partial charge in [0, 0.05) is 42.5 Å². The molecule has 5 heteroatoms. The van der Waals surface area contributed by atoms with Gasteiger partial charge in [-0.05, 0) is 41.4 Å². The van der Waals surface area contributed by atoms with E-state index in [0.29, 0.717) is 6.04 Å². The van der Waals surface area contributed by atoms with Crippen molar-refractivity contribution in [2.24, 2.45) is 0 Å². The molecule has 2 rings (SSSR count). The largest absolute Gasteiger partial charge is 0.383 e. The molecule has 0 spiro atoms. The van der Waals surface area contributed by atoms with E-state index in [1.807, 2.05) is 6.20 Å². The zero-order valence-corrected chi connectivity index (χ0v) is 13.2. The number of nitrogens with zero attached hydrogens (tertiary/aromatic N) is 2. The molecule has 1 saturated carbocycles. The third-order valence-electron chi connectivity index (χ3n) is 3.27. The molecule has 0 aliphatic heterocycles. The van der Waals surface area contributed by atoms with Crippen molar-refractivity contribution in [2.45, 2.75) is 32.4 Å². The number of hydrogen-bond donors (Lipinski definition) is 1. The number of hydrogen-bond acceptors (Lipinski definition) is 4. The van der Waals surface area contributed by atoms with Crippen molar-refractivity contribution in [1.82, 2.24) is 10.3 Å². The Morgan fingerprint density at radius 3 is 2.95 bits per heavy atom. The molecule has 0 saturated heterocycles. The van der Waals surface area contributed by atoms with Crippen molar-refractivity contribution in [2.75, 3.05) is 31.7 Å². The molecule has 1 aromatic heterocycles. The van der Waals surface area contributed by atoms with E-state index in [-0.39, 0.29) is 0 Å². The van der Waals surface area contributed by atoms with Gasteiger partial charge in [-0.3, -0.25) is 0 Å². The summed E-state index contributed by atoms with van der Waals surface area (Å²) in [5, 5.41) is 3.38. The molecule has 1 heterocycles. The zero-order chi connectivity index (χ0) is 13.7. The quantitative estimate of drug-likeness (QED) is 0.796. The predicted molar refractivity (Wildman–Crippen MR) is 81.6 cm³/mol. The highest BCUT2D eigenvalue weighted by Crippen LogP contribution is 2.33. The first-order valence-electron chi connectivity index (χ1n) is 6.87. The lowest BCUT2D eigenvalue weighted by Gasteiger charge is -2.25. The highest BCUT2D eigenvalue weighted by molar-refractivity contribution is 9.10. The van der Waals surface area contributed by atoms with E-state index in [9.17, 15) is 0 Å². The molecule has 0 radical (unpaired) electrons. The molecule has 1 N–H and O–H groups in total. The molecule has 0 amide bonds. The minimum Gasteiger partial charge on any atom is -0.383 e.